The molecule has 1 heterocycles. The van der Waals surface area contributed by atoms with Crippen molar-refractivity contribution in [2.45, 2.75) is 52.0 Å². The van der Waals surface area contributed by atoms with Gasteiger partial charge in [-0.15, -0.1) is 11.3 Å². The van der Waals surface area contributed by atoms with Gasteiger partial charge in [-0.1, -0.05) is 39.5 Å². The Balaban J connectivity index is 2.17. The summed E-state index contributed by atoms with van der Waals surface area (Å²) in [6.07, 6.45) is 6.99. The van der Waals surface area contributed by atoms with Crippen LogP contribution in [0.15, 0.2) is 15.2 Å². The number of halogens is 1. The molecule has 1 aliphatic rings. The molecule has 3 unspecified atom stereocenters. The minimum absolute atomic E-state index is 0.558. The highest BCUT2D eigenvalue weighted by atomic mass is 79.9. The maximum atomic E-state index is 3.73. The van der Waals surface area contributed by atoms with Crippen LogP contribution in [0.3, 0.4) is 0 Å². The van der Waals surface area contributed by atoms with Crippen molar-refractivity contribution in [3.05, 3.63) is 20.8 Å². The van der Waals surface area contributed by atoms with Gasteiger partial charge in [0.1, 0.15) is 0 Å². The zero-order valence-corrected chi connectivity index (χ0v) is 13.8. The molecule has 0 aliphatic heterocycles. The third kappa shape index (κ3) is 3.37. The van der Waals surface area contributed by atoms with Crippen LogP contribution in [0.1, 0.15) is 57.6 Å². The SMILES string of the molecule is CCNC(c1csc(Br)c1)C1CCCCC1CC. The molecular weight excluding hydrogens is 306 g/mol. The Labute approximate surface area is 123 Å². The molecule has 0 aromatic carbocycles. The van der Waals surface area contributed by atoms with Crippen molar-refractivity contribution in [2.24, 2.45) is 11.8 Å². The van der Waals surface area contributed by atoms with Gasteiger partial charge >= 0.3 is 0 Å². The van der Waals surface area contributed by atoms with Gasteiger partial charge < -0.3 is 5.32 Å². The number of thiophene rings is 1. The Morgan fingerprint density at radius 3 is 2.78 bits per heavy atom. The van der Waals surface area contributed by atoms with Crippen molar-refractivity contribution in [3.8, 4) is 0 Å². The van der Waals surface area contributed by atoms with Crippen LogP contribution < -0.4 is 5.32 Å². The van der Waals surface area contributed by atoms with E-state index in [1.807, 2.05) is 11.3 Å². The highest BCUT2D eigenvalue weighted by Crippen LogP contribution is 2.41. The predicted octanol–water partition coefficient (Wildman–Crippen LogP) is 5.38. The van der Waals surface area contributed by atoms with Crippen molar-refractivity contribution >= 4 is 27.3 Å². The molecule has 1 N–H and O–H groups in total. The van der Waals surface area contributed by atoms with E-state index in [2.05, 4.69) is 46.5 Å². The molecule has 3 atom stereocenters. The summed E-state index contributed by atoms with van der Waals surface area (Å²) in [5, 5.41) is 6.05. The van der Waals surface area contributed by atoms with E-state index in [-0.39, 0.29) is 0 Å². The Morgan fingerprint density at radius 2 is 2.17 bits per heavy atom. The third-order valence-corrected chi connectivity index (χ3v) is 5.81. The molecule has 3 heteroatoms. The number of nitrogens with one attached hydrogen (secondary N) is 1. The molecule has 1 saturated carbocycles. The summed E-state index contributed by atoms with van der Waals surface area (Å²) < 4.78 is 1.25. The molecule has 1 fully saturated rings. The molecule has 1 nitrogen and oxygen atoms in total. The van der Waals surface area contributed by atoms with Gasteiger partial charge in [-0.3, -0.25) is 0 Å². The first-order valence-electron chi connectivity index (χ1n) is 7.23. The van der Waals surface area contributed by atoms with Gasteiger partial charge in [0, 0.05) is 6.04 Å². The van der Waals surface area contributed by atoms with Crippen molar-refractivity contribution in [2.75, 3.05) is 6.54 Å². The topological polar surface area (TPSA) is 12.0 Å². The van der Waals surface area contributed by atoms with Crippen LogP contribution in [0.25, 0.3) is 0 Å². The fourth-order valence-corrected chi connectivity index (χ4v) is 4.62. The van der Waals surface area contributed by atoms with E-state index in [1.54, 1.807) is 0 Å². The summed E-state index contributed by atoms with van der Waals surface area (Å²) in [5.74, 6) is 1.73. The summed E-state index contributed by atoms with van der Waals surface area (Å²) in [6, 6.07) is 2.86. The molecular formula is C15H24BrNS. The van der Waals surface area contributed by atoms with Crippen molar-refractivity contribution in [3.63, 3.8) is 0 Å². The van der Waals surface area contributed by atoms with Crippen molar-refractivity contribution in [1.82, 2.24) is 5.32 Å². The third-order valence-electron chi connectivity index (χ3n) is 4.29. The van der Waals surface area contributed by atoms with Gasteiger partial charge in [0.15, 0.2) is 0 Å². The van der Waals surface area contributed by atoms with Crippen LogP contribution in [-0.4, -0.2) is 6.54 Å². The lowest BCUT2D eigenvalue weighted by atomic mass is 9.72. The smallest absolute Gasteiger partial charge is 0.0701 e. The Hall–Kier alpha value is 0.140. The fourth-order valence-electron chi connectivity index (χ4n) is 3.40. The molecule has 0 bridgehead atoms. The molecule has 1 aromatic heterocycles. The van der Waals surface area contributed by atoms with Gasteiger partial charge in [-0.05, 0) is 57.7 Å². The summed E-state index contributed by atoms with van der Waals surface area (Å²) >= 11 is 5.41. The fraction of sp³-hybridized carbons (Fsp3) is 0.733. The zero-order chi connectivity index (χ0) is 13.0. The molecule has 0 saturated heterocycles. The first kappa shape index (κ1) is 14.5. The van der Waals surface area contributed by atoms with E-state index in [0.717, 1.165) is 18.4 Å². The quantitative estimate of drug-likeness (QED) is 0.764. The molecule has 102 valence electrons. The lowest BCUT2D eigenvalue weighted by Gasteiger charge is -2.37. The highest BCUT2D eigenvalue weighted by Gasteiger charge is 2.31. The van der Waals surface area contributed by atoms with Crippen LogP contribution in [0.4, 0.5) is 0 Å². The maximum Gasteiger partial charge on any atom is 0.0701 e. The lowest BCUT2D eigenvalue weighted by molar-refractivity contribution is 0.177. The van der Waals surface area contributed by atoms with Crippen LogP contribution in [0, 0.1) is 11.8 Å². The number of hydrogen-bond acceptors (Lipinski definition) is 2. The predicted molar refractivity (Wildman–Crippen MR) is 84.2 cm³/mol. The van der Waals surface area contributed by atoms with Gasteiger partial charge in [-0.25, -0.2) is 0 Å². The molecule has 18 heavy (non-hydrogen) atoms. The molecule has 2 rings (SSSR count). The normalized spacial score (nSPS) is 26.2. The van der Waals surface area contributed by atoms with Crippen molar-refractivity contribution < 1.29 is 0 Å². The van der Waals surface area contributed by atoms with E-state index in [0.29, 0.717) is 6.04 Å². The standard InChI is InChI=1S/C15H24BrNS/c1-3-11-7-5-6-8-13(11)15(17-4-2)12-9-14(16)18-10-12/h9-11,13,15,17H,3-8H2,1-2H3. The van der Waals surface area contributed by atoms with Crippen LogP contribution in [0.2, 0.25) is 0 Å². The monoisotopic (exact) mass is 329 g/mol. The van der Waals surface area contributed by atoms with E-state index in [1.165, 1.54) is 41.5 Å². The highest BCUT2D eigenvalue weighted by molar-refractivity contribution is 9.11. The first-order chi connectivity index (χ1) is 8.76. The minimum atomic E-state index is 0.558. The van der Waals surface area contributed by atoms with E-state index >= 15 is 0 Å². The lowest BCUT2D eigenvalue weighted by Crippen LogP contribution is -2.34. The van der Waals surface area contributed by atoms with E-state index < -0.39 is 0 Å². The van der Waals surface area contributed by atoms with E-state index in [4.69, 9.17) is 0 Å². The maximum absolute atomic E-state index is 3.73. The summed E-state index contributed by atoms with van der Waals surface area (Å²) in [4.78, 5) is 0. The number of hydrogen-bond donors (Lipinski definition) is 1. The number of rotatable bonds is 5. The molecule has 1 aromatic rings. The second-order valence-corrected chi connectivity index (χ2v) is 7.63. The van der Waals surface area contributed by atoms with E-state index in [9.17, 15) is 0 Å². The molecule has 0 spiro atoms. The molecule has 0 amide bonds. The van der Waals surface area contributed by atoms with Gasteiger partial charge in [0.25, 0.3) is 0 Å². The summed E-state index contributed by atoms with van der Waals surface area (Å²) in [7, 11) is 0. The Morgan fingerprint density at radius 1 is 1.39 bits per heavy atom. The van der Waals surface area contributed by atoms with Crippen LogP contribution >= 0.6 is 27.3 Å². The van der Waals surface area contributed by atoms with Crippen LogP contribution in [-0.2, 0) is 0 Å². The Bertz CT molecular complexity index is 363. The van der Waals surface area contributed by atoms with Crippen LogP contribution in [0.5, 0.6) is 0 Å². The second-order valence-electron chi connectivity index (χ2n) is 5.34. The zero-order valence-electron chi connectivity index (χ0n) is 11.4. The molecule has 0 radical (unpaired) electrons. The van der Waals surface area contributed by atoms with Gasteiger partial charge in [0.2, 0.25) is 0 Å². The summed E-state index contributed by atoms with van der Waals surface area (Å²) in [5.41, 5.74) is 1.49. The minimum Gasteiger partial charge on any atom is -0.310 e. The second kappa shape index (κ2) is 7.06. The molecule has 1 aliphatic carbocycles. The Kier molecular flexibility index (Phi) is 5.71. The van der Waals surface area contributed by atoms with Gasteiger partial charge in [0.05, 0.1) is 3.79 Å². The largest absolute Gasteiger partial charge is 0.310 e. The van der Waals surface area contributed by atoms with Gasteiger partial charge in [-0.2, -0.15) is 0 Å². The average molecular weight is 330 g/mol. The average Bonchev–Trinajstić information content (AvgIpc) is 2.82. The first-order valence-corrected chi connectivity index (χ1v) is 8.90. The van der Waals surface area contributed by atoms with Crippen molar-refractivity contribution in [1.29, 1.82) is 0 Å². The summed E-state index contributed by atoms with van der Waals surface area (Å²) in [6.45, 7) is 5.64.